The first-order valence-electron chi connectivity index (χ1n) is 4.18. The van der Waals surface area contributed by atoms with Crippen LogP contribution in [-0.2, 0) is 4.79 Å². The zero-order chi connectivity index (χ0) is 12.3. The van der Waals surface area contributed by atoms with Gasteiger partial charge in [0.15, 0.2) is 0 Å². The second kappa shape index (κ2) is 5.40. The molecule has 16 heavy (non-hydrogen) atoms. The molecule has 0 saturated heterocycles. The summed E-state index contributed by atoms with van der Waals surface area (Å²) in [6, 6.07) is 5.72. The largest absolute Gasteiger partial charge is 0.480 e. The Morgan fingerprint density at radius 2 is 1.81 bits per heavy atom. The van der Waals surface area contributed by atoms with Crippen LogP contribution in [0.4, 0.5) is 5.69 Å². The van der Waals surface area contributed by atoms with Gasteiger partial charge in [-0.3, -0.25) is 14.9 Å². The van der Waals surface area contributed by atoms with Crippen molar-refractivity contribution in [3.05, 3.63) is 39.9 Å². The summed E-state index contributed by atoms with van der Waals surface area (Å²) in [5.74, 6) is -1.000. The fourth-order valence-corrected chi connectivity index (χ4v) is 1.91. The molecule has 7 heteroatoms. The Bertz CT molecular complexity index is 406. The van der Waals surface area contributed by atoms with Crippen LogP contribution in [0.2, 0.25) is 0 Å². The van der Waals surface area contributed by atoms with E-state index in [2.05, 4.69) is 31.9 Å². The number of nitro groups is 1. The van der Waals surface area contributed by atoms with Crippen molar-refractivity contribution in [2.75, 3.05) is 0 Å². The van der Waals surface area contributed by atoms with Crippen LogP contribution < -0.4 is 0 Å². The smallest absolute Gasteiger partial charge is 0.318 e. The number of carboxylic acids is 1. The number of rotatable bonds is 4. The number of benzene rings is 1. The number of carboxylic acid groups (broad SMARTS) is 1. The van der Waals surface area contributed by atoms with Gasteiger partial charge < -0.3 is 5.11 Å². The molecule has 0 heterocycles. The minimum atomic E-state index is -1.000. The maximum Gasteiger partial charge on any atom is 0.318 e. The van der Waals surface area contributed by atoms with Crippen molar-refractivity contribution >= 4 is 43.5 Å². The van der Waals surface area contributed by atoms with E-state index in [-0.39, 0.29) is 5.69 Å². The molecule has 1 aromatic rings. The normalized spacial score (nSPS) is 14.1. The van der Waals surface area contributed by atoms with Gasteiger partial charge in [-0.2, -0.15) is 0 Å². The van der Waals surface area contributed by atoms with E-state index in [0.29, 0.717) is 5.56 Å². The van der Waals surface area contributed by atoms with Crippen molar-refractivity contribution in [3.8, 4) is 0 Å². The number of carbonyl (C=O) groups is 1. The Labute approximate surface area is 108 Å². The van der Waals surface area contributed by atoms with E-state index >= 15 is 0 Å². The minimum Gasteiger partial charge on any atom is -0.480 e. The molecule has 0 radical (unpaired) electrons. The third kappa shape index (κ3) is 3.02. The molecular weight excluding hydrogens is 346 g/mol. The lowest BCUT2D eigenvalue weighted by molar-refractivity contribution is -0.384. The van der Waals surface area contributed by atoms with Gasteiger partial charge in [0.25, 0.3) is 5.69 Å². The van der Waals surface area contributed by atoms with Crippen molar-refractivity contribution in [1.29, 1.82) is 0 Å². The zero-order valence-electron chi connectivity index (χ0n) is 7.84. The molecule has 1 rings (SSSR count). The SMILES string of the molecule is O=C(O)[C@@H](Br)[C@@H](Br)c1ccc([N+](=O)[O-])cc1. The minimum absolute atomic E-state index is 0.0232. The van der Waals surface area contributed by atoms with E-state index in [4.69, 9.17) is 5.11 Å². The van der Waals surface area contributed by atoms with Crippen molar-refractivity contribution in [2.24, 2.45) is 0 Å². The van der Waals surface area contributed by atoms with E-state index in [9.17, 15) is 14.9 Å². The van der Waals surface area contributed by atoms with E-state index in [1.165, 1.54) is 24.3 Å². The monoisotopic (exact) mass is 351 g/mol. The maximum atomic E-state index is 10.7. The van der Waals surface area contributed by atoms with Gasteiger partial charge in [-0.15, -0.1) is 0 Å². The molecule has 0 aliphatic carbocycles. The molecular formula is C9H7Br2NO4. The average molecular weight is 353 g/mol. The molecule has 0 bridgehead atoms. The lowest BCUT2D eigenvalue weighted by Gasteiger charge is -2.12. The number of halogens is 2. The summed E-state index contributed by atoms with van der Waals surface area (Å²) in [4.78, 5) is 19.4. The quantitative estimate of drug-likeness (QED) is 0.513. The van der Waals surface area contributed by atoms with Gasteiger partial charge in [0.05, 0.1) is 9.75 Å². The fourth-order valence-electron chi connectivity index (χ4n) is 1.07. The molecule has 0 saturated carbocycles. The predicted molar refractivity (Wildman–Crippen MR) is 65.1 cm³/mol. The molecule has 2 atom stereocenters. The van der Waals surface area contributed by atoms with Crippen LogP contribution in [0.25, 0.3) is 0 Å². The van der Waals surface area contributed by atoms with Crippen LogP contribution in [0.1, 0.15) is 10.4 Å². The van der Waals surface area contributed by atoms with E-state index in [1.807, 2.05) is 0 Å². The zero-order valence-corrected chi connectivity index (χ0v) is 11.0. The Hall–Kier alpha value is -0.950. The van der Waals surface area contributed by atoms with E-state index < -0.39 is 20.5 Å². The van der Waals surface area contributed by atoms with Crippen molar-refractivity contribution in [3.63, 3.8) is 0 Å². The maximum absolute atomic E-state index is 10.7. The summed E-state index contributed by atoms with van der Waals surface area (Å²) < 4.78 is 0. The highest BCUT2D eigenvalue weighted by Gasteiger charge is 2.24. The number of aliphatic carboxylic acids is 1. The number of alkyl halides is 2. The second-order valence-electron chi connectivity index (χ2n) is 2.99. The van der Waals surface area contributed by atoms with E-state index in [1.54, 1.807) is 0 Å². The van der Waals surface area contributed by atoms with Gasteiger partial charge in [0.1, 0.15) is 4.83 Å². The van der Waals surface area contributed by atoms with Crippen LogP contribution in [0.3, 0.4) is 0 Å². The molecule has 5 nitrogen and oxygen atoms in total. The molecule has 0 aliphatic rings. The lowest BCUT2D eigenvalue weighted by atomic mass is 10.1. The Kier molecular flexibility index (Phi) is 4.43. The van der Waals surface area contributed by atoms with Gasteiger partial charge in [0.2, 0.25) is 0 Å². The van der Waals surface area contributed by atoms with Gasteiger partial charge in [0, 0.05) is 12.1 Å². The topological polar surface area (TPSA) is 80.4 Å². The second-order valence-corrected chi connectivity index (χ2v) is 4.96. The summed E-state index contributed by atoms with van der Waals surface area (Å²) in [7, 11) is 0. The number of nitro benzene ring substituents is 1. The van der Waals surface area contributed by atoms with Gasteiger partial charge in [-0.25, -0.2) is 0 Å². The summed E-state index contributed by atoms with van der Waals surface area (Å²) in [6.45, 7) is 0. The first kappa shape index (κ1) is 13.1. The third-order valence-electron chi connectivity index (χ3n) is 1.92. The van der Waals surface area contributed by atoms with Gasteiger partial charge in [-0.1, -0.05) is 44.0 Å². The lowest BCUT2D eigenvalue weighted by Crippen LogP contribution is -2.17. The average Bonchev–Trinajstić information content (AvgIpc) is 2.27. The summed E-state index contributed by atoms with van der Waals surface area (Å²) >= 11 is 6.23. The summed E-state index contributed by atoms with van der Waals surface area (Å²) in [5, 5.41) is 19.2. The number of hydrogen-bond acceptors (Lipinski definition) is 3. The van der Waals surface area contributed by atoms with Crippen LogP contribution in [-0.4, -0.2) is 20.8 Å². The highest BCUT2D eigenvalue weighted by Crippen LogP contribution is 2.32. The molecule has 0 amide bonds. The predicted octanol–water partition coefficient (Wildman–Crippen LogP) is 2.88. The van der Waals surface area contributed by atoms with Gasteiger partial charge >= 0.3 is 5.97 Å². The molecule has 1 aromatic carbocycles. The molecule has 0 spiro atoms. The highest BCUT2D eigenvalue weighted by molar-refractivity contribution is 9.12. The van der Waals surface area contributed by atoms with Crippen LogP contribution in [0.15, 0.2) is 24.3 Å². The highest BCUT2D eigenvalue weighted by atomic mass is 79.9. The fraction of sp³-hybridized carbons (Fsp3) is 0.222. The molecule has 0 unspecified atom stereocenters. The van der Waals surface area contributed by atoms with Crippen LogP contribution >= 0.6 is 31.9 Å². The summed E-state index contributed by atoms with van der Waals surface area (Å²) in [5.41, 5.74) is 0.639. The van der Waals surface area contributed by atoms with Gasteiger partial charge in [-0.05, 0) is 5.56 Å². The van der Waals surface area contributed by atoms with Crippen LogP contribution in [0, 0.1) is 10.1 Å². The number of nitrogens with zero attached hydrogens (tertiary/aromatic N) is 1. The van der Waals surface area contributed by atoms with Crippen molar-refractivity contribution < 1.29 is 14.8 Å². The number of hydrogen-bond donors (Lipinski definition) is 1. The Morgan fingerprint density at radius 1 is 1.31 bits per heavy atom. The molecule has 86 valence electrons. The Morgan fingerprint density at radius 3 is 2.19 bits per heavy atom. The molecule has 1 N–H and O–H groups in total. The molecule has 0 fully saturated rings. The third-order valence-corrected chi connectivity index (χ3v) is 4.60. The standard InChI is InChI=1S/C9H7Br2NO4/c10-7(8(11)9(13)14)5-1-3-6(4-2-5)12(15)16/h1-4,7-8H,(H,13,14)/t7-,8-/m0/s1. The number of non-ortho nitro benzene ring substituents is 1. The van der Waals surface area contributed by atoms with Crippen LogP contribution in [0.5, 0.6) is 0 Å². The van der Waals surface area contributed by atoms with E-state index in [0.717, 1.165) is 0 Å². The van der Waals surface area contributed by atoms with Crippen molar-refractivity contribution in [2.45, 2.75) is 9.65 Å². The van der Waals surface area contributed by atoms with Crippen molar-refractivity contribution in [1.82, 2.24) is 0 Å². The molecule has 0 aromatic heterocycles. The molecule has 0 aliphatic heterocycles. The summed E-state index contributed by atoms with van der Waals surface area (Å²) in [6.07, 6.45) is 0. The Balaban J connectivity index is 2.89. The first-order valence-corrected chi connectivity index (χ1v) is 6.02. The first-order chi connectivity index (χ1) is 7.43.